The molecule has 0 saturated heterocycles. The average molecular weight is 348 g/mol. The van der Waals surface area contributed by atoms with E-state index in [0.717, 1.165) is 36.3 Å². The highest BCUT2D eigenvalue weighted by Crippen LogP contribution is 2.18. The highest BCUT2D eigenvalue weighted by atomic mass is 32.2. The van der Waals surface area contributed by atoms with Crippen molar-refractivity contribution >= 4 is 21.7 Å². The first-order valence-corrected chi connectivity index (χ1v) is 9.46. The second kappa shape index (κ2) is 7.61. The molecule has 0 amide bonds. The zero-order chi connectivity index (χ0) is 17.7. The molecule has 130 valence electrons. The van der Waals surface area contributed by atoms with Crippen molar-refractivity contribution in [3.8, 4) is 0 Å². The van der Waals surface area contributed by atoms with E-state index in [1.807, 2.05) is 25.8 Å². The molecule has 6 nitrogen and oxygen atoms in total. The molecule has 0 aliphatic carbocycles. The minimum Gasteiger partial charge on any atom is -0.358 e. The SMILES string of the molecule is CCCCN(C)c1ccc(NS(=O)(=O)c2ccc(C)c(C)c2)nn1. The summed E-state index contributed by atoms with van der Waals surface area (Å²) >= 11 is 0. The molecular formula is C17H24N4O2S. The van der Waals surface area contributed by atoms with E-state index in [-0.39, 0.29) is 10.7 Å². The zero-order valence-corrected chi connectivity index (χ0v) is 15.4. The maximum Gasteiger partial charge on any atom is 0.263 e. The van der Waals surface area contributed by atoms with Gasteiger partial charge >= 0.3 is 0 Å². The molecule has 24 heavy (non-hydrogen) atoms. The van der Waals surface area contributed by atoms with E-state index in [2.05, 4.69) is 21.8 Å². The fraction of sp³-hybridized carbons (Fsp3) is 0.412. The number of hydrogen-bond acceptors (Lipinski definition) is 5. The summed E-state index contributed by atoms with van der Waals surface area (Å²) in [5, 5.41) is 8.07. The number of sulfonamides is 1. The standard InChI is InChI=1S/C17H24N4O2S/c1-5-6-11-21(4)17-10-9-16(18-19-17)20-24(22,23)15-8-7-13(2)14(3)12-15/h7-10,12H,5-6,11H2,1-4H3,(H,18,20). The molecule has 7 heteroatoms. The van der Waals surface area contributed by atoms with E-state index in [4.69, 9.17) is 0 Å². The number of anilines is 2. The van der Waals surface area contributed by atoms with E-state index in [1.165, 1.54) is 0 Å². The largest absolute Gasteiger partial charge is 0.358 e. The summed E-state index contributed by atoms with van der Waals surface area (Å²) in [5.74, 6) is 0.929. The van der Waals surface area contributed by atoms with Crippen LogP contribution in [0.25, 0.3) is 0 Å². The molecule has 1 N–H and O–H groups in total. The van der Waals surface area contributed by atoms with Crippen LogP contribution >= 0.6 is 0 Å². The monoisotopic (exact) mass is 348 g/mol. The number of benzene rings is 1. The molecule has 2 aromatic rings. The van der Waals surface area contributed by atoms with Crippen molar-refractivity contribution in [3.63, 3.8) is 0 Å². The third kappa shape index (κ3) is 4.44. The zero-order valence-electron chi connectivity index (χ0n) is 14.6. The van der Waals surface area contributed by atoms with Gasteiger partial charge in [0.2, 0.25) is 0 Å². The predicted molar refractivity (Wildman–Crippen MR) is 96.9 cm³/mol. The van der Waals surface area contributed by atoms with Gasteiger partial charge in [0.05, 0.1) is 4.90 Å². The van der Waals surface area contributed by atoms with Gasteiger partial charge in [-0.2, -0.15) is 0 Å². The predicted octanol–water partition coefficient (Wildman–Crippen LogP) is 3.13. The fourth-order valence-electron chi connectivity index (χ4n) is 2.17. The van der Waals surface area contributed by atoms with Gasteiger partial charge in [-0.05, 0) is 55.7 Å². The Bertz CT molecular complexity index is 789. The van der Waals surface area contributed by atoms with Crippen molar-refractivity contribution in [2.24, 2.45) is 0 Å². The fourth-order valence-corrected chi connectivity index (χ4v) is 3.25. The van der Waals surface area contributed by atoms with Crippen LogP contribution in [-0.4, -0.2) is 32.2 Å². The molecule has 0 spiro atoms. The molecule has 1 aromatic carbocycles. The van der Waals surface area contributed by atoms with Crippen LogP contribution in [0.15, 0.2) is 35.2 Å². The lowest BCUT2D eigenvalue weighted by Gasteiger charge is -2.17. The normalized spacial score (nSPS) is 11.3. The molecule has 2 rings (SSSR count). The van der Waals surface area contributed by atoms with E-state index in [9.17, 15) is 8.42 Å². The first kappa shape index (κ1) is 18.2. The Labute approximate surface area is 144 Å². The van der Waals surface area contributed by atoms with Gasteiger partial charge in [-0.15, -0.1) is 10.2 Å². The van der Waals surface area contributed by atoms with Crippen molar-refractivity contribution in [1.82, 2.24) is 10.2 Å². The lowest BCUT2D eigenvalue weighted by molar-refractivity contribution is 0.601. The third-order valence-corrected chi connectivity index (χ3v) is 5.27. The summed E-state index contributed by atoms with van der Waals surface area (Å²) in [6.45, 7) is 6.84. The van der Waals surface area contributed by atoms with Crippen molar-refractivity contribution < 1.29 is 8.42 Å². The van der Waals surface area contributed by atoms with Gasteiger partial charge in [-0.1, -0.05) is 19.4 Å². The number of rotatable bonds is 7. The quantitative estimate of drug-likeness (QED) is 0.832. The van der Waals surface area contributed by atoms with Crippen molar-refractivity contribution in [1.29, 1.82) is 0 Å². The van der Waals surface area contributed by atoms with Crippen LogP contribution in [0, 0.1) is 13.8 Å². The van der Waals surface area contributed by atoms with Crippen LogP contribution in [0.5, 0.6) is 0 Å². The van der Waals surface area contributed by atoms with E-state index < -0.39 is 10.0 Å². The number of aryl methyl sites for hydroxylation is 2. The first-order chi connectivity index (χ1) is 11.3. The number of unbranched alkanes of at least 4 members (excludes halogenated alkanes) is 1. The van der Waals surface area contributed by atoms with Crippen LogP contribution in [-0.2, 0) is 10.0 Å². The Kier molecular flexibility index (Phi) is 5.77. The Morgan fingerprint density at radius 3 is 2.42 bits per heavy atom. The topological polar surface area (TPSA) is 75.2 Å². The second-order valence-electron chi connectivity index (χ2n) is 5.90. The van der Waals surface area contributed by atoms with Gasteiger partial charge in [0, 0.05) is 13.6 Å². The molecular weight excluding hydrogens is 324 g/mol. The van der Waals surface area contributed by atoms with Crippen LogP contribution in [0.2, 0.25) is 0 Å². The Morgan fingerprint density at radius 2 is 1.83 bits per heavy atom. The molecule has 0 atom stereocenters. The minimum atomic E-state index is -3.67. The lowest BCUT2D eigenvalue weighted by atomic mass is 10.1. The van der Waals surface area contributed by atoms with Gasteiger partial charge in [0.15, 0.2) is 11.6 Å². The summed E-state index contributed by atoms with van der Waals surface area (Å²) in [4.78, 5) is 2.22. The lowest BCUT2D eigenvalue weighted by Crippen LogP contribution is -2.20. The average Bonchev–Trinajstić information content (AvgIpc) is 2.55. The summed E-state index contributed by atoms with van der Waals surface area (Å²) < 4.78 is 27.3. The van der Waals surface area contributed by atoms with Gasteiger partial charge in [-0.3, -0.25) is 4.72 Å². The van der Waals surface area contributed by atoms with Crippen molar-refractivity contribution in [3.05, 3.63) is 41.5 Å². The first-order valence-electron chi connectivity index (χ1n) is 7.98. The summed E-state index contributed by atoms with van der Waals surface area (Å²) in [5.41, 5.74) is 1.98. The molecule has 0 bridgehead atoms. The van der Waals surface area contributed by atoms with Crippen molar-refractivity contribution in [2.75, 3.05) is 23.2 Å². The molecule has 1 heterocycles. The maximum atomic E-state index is 12.4. The molecule has 1 aromatic heterocycles. The van der Waals surface area contributed by atoms with Crippen LogP contribution in [0.4, 0.5) is 11.6 Å². The second-order valence-corrected chi connectivity index (χ2v) is 7.59. The van der Waals surface area contributed by atoms with Gasteiger partial charge in [0.25, 0.3) is 10.0 Å². The summed E-state index contributed by atoms with van der Waals surface area (Å²) in [6.07, 6.45) is 2.17. The number of aromatic nitrogens is 2. The summed E-state index contributed by atoms with van der Waals surface area (Å²) in [6, 6.07) is 8.43. The Morgan fingerprint density at radius 1 is 1.08 bits per heavy atom. The minimum absolute atomic E-state index is 0.209. The molecule has 0 aliphatic rings. The van der Waals surface area contributed by atoms with Gasteiger partial charge in [-0.25, -0.2) is 8.42 Å². The van der Waals surface area contributed by atoms with Crippen LogP contribution in [0.1, 0.15) is 30.9 Å². The van der Waals surface area contributed by atoms with E-state index in [0.29, 0.717) is 0 Å². The van der Waals surface area contributed by atoms with E-state index in [1.54, 1.807) is 30.3 Å². The van der Waals surface area contributed by atoms with E-state index >= 15 is 0 Å². The number of hydrogen-bond donors (Lipinski definition) is 1. The number of nitrogens with zero attached hydrogens (tertiary/aromatic N) is 3. The van der Waals surface area contributed by atoms with Gasteiger partial charge < -0.3 is 4.90 Å². The molecule has 0 radical (unpaired) electrons. The molecule has 0 aliphatic heterocycles. The van der Waals surface area contributed by atoms with Crippen molar-refractivity contribution in [2.45, 2.75) is 38.5 Å². The highest BCUT2D eigenvalue weighted by Gasteiger charge is 2.16. The smallest absolute Gasteiger partial charge is 0.263 e. The molecule has 0 saturated carbocycles. The summed E-state index contributed by atoms with van der Waals surface area (Å²) in [7, 11) is -1.72. The molecule has 0 unspecified atom stereocenters. The van der Waals surface area contributed by atoms with Gasteiger partial charge in [0.1, 0.15) is 0 Å². The number of nitrogens with one attached hydrogen (secondary N) is 1. The Hall–Kier alpha value is -2.15. The molecule has 0 fully saturated rings. The third-order valence-electron chi connectivity index (χ3n) is 3.92. The van der Waals surface area contributed by atoms with Crippen LogP contribution in [0.3, 0.4) is 0 Å². The maximum absolute atomic E-state index is 12.4. The Balaban J connectivity index is 2.13. The highest BCUT2D eigenvalue weighted by molar-refractivity contribution is 7.92. The van der Waals surface area contributed by atoms with Crippen LogP contribution < -0.4 is 9.62 Å².